The third kappa shape index (κ3) is 2.45. The van der Waals surface area contributed by atoms with Crippen molar-refractivity contribution in [3.8, 4) is 0 Å². The molecule has 1 rings (SSSR count). The van der Waals surface area contributed by atoms with Crippen LogP contribution in [0.1, 0.15) is 36.8 Å². The molecular weight excluding hydrogens is 216 g/mol. The van der Waals surface area contributed by atoms with Gasteiger partial charge in [0.15, 0.2) is 5.69 Å². The number of esters is 1. The molecule has 4 nitrogen and oxygen atoms in total. The molecule has 0 fully saturated rings. The number of methoxy groups -OCH3 is 1. The van der Waals surface area contributed by atoms with Gasteiger partial charge in [0.1, 0.15) is 11.5 Å². The van der Waals surface area contributed by atoms with E-state index < -0.39 is 5.97 Å². The summed E-state index contributed by atoms with van der Waals surface area (Å²) in [6, 6.07) is 0. The predicted molar refractivity (Wildman–Crippen MR) is 57.1 cm³/mol. The van der Waals surface area contributed by atoms with Crippen molar-refractivity contribution in [3.05, 3.63) is 22.7 Å². The van der Waals surface area contributed by atoms with Gasteiger partial charge >= 0.3 is 5.97 Å². The number of carbonyl (C=O) groups excluding carboxylic acids is 1. The SMILES string of the molecule is COC(=O)c1ncnc(Cl)c1C(C)(C)C. The Kier molecular flexibility index (Phi) is 3.29. The van der Waals surface area contributed by atoms with Crippen molar-refractivity contribution < 1.29 is 9.53 Å². The molecule has 0 spiro atoms. The maximum atomic E-state index is 11.5. The summed E-state index contributed by atoms with van der Waals surface area (Å²) < 4.78 is 4.64. The Balaban J connectivity index is 3.40. The van der Waals surface area contributed by atoms with Gasteiger partial charge < -0.3 is 4.74 Å². The van der Waals surface area contributed by atoms with Crippen LogP contribution in [-0.2, 0) is 10.2 Å². The van der Waals surface area contributed by atoms with Crippen LogP contribution in [0.2, 0.25) is 5.15 Å². The van der Waals surface area contributed by atoms with Gasteiger partial charge in [-0.1, -0.05) is 32.4 Å². The molecule has 0 saturated carbocycles. The Bertz CT molecular complexity index is 385. The second-order valence-corrected chi connectivity index (χ2v) is 4.49. The molecule has 0 aliphatic rings. The van der Waals surface area contributed by atoms with E-state index in [2.05, 4.69) is 14.7 Å². The van der Waals surface area contributed by atoms with Crippen molar-refractivity contribution in [1.29, 1.82) is 0 Å². The van der Waals surface area contributed by atoms with Crippen LogP contribution >= 0.6 is 11.6 Å². The first-order valence-corrected chi connectivity index (χ1v) is 4.85. The quantitative estimate of drug-likeness (QED) is 0.546. The standard InChI is InChI=1S/C10H13ClN2O2/c1-10(2,3)6-7(9(14)15-4)12-5-13-8(6)11/h5H,1-4H3. The molecule has 0 radical (unpaired) electrons. The minimum Gasteiger partial charge on any atom is -0.464 e. The first kappa shape index (κ1) is 11.9. The Hall–Kier alpha value is -1.16. The average molecular weight is 229 g/mol. The third-order valence-electron chi connectivity index (χ3n) is 1.93. The molecule has 0 atom stereocenters. The molecule has 82 valence electrons. The third-order valence-corrected chi connectivity index (χ3v) is 2.22. The first-order valence-electron chi connectivity index (χ1n) is 4.47. The van der Waals surface area contributed by atoms with Crippen LogP contribution < -0.4 is 0 Å². The molecule has 1 aromatic heterocycles. The van der Waals surface area contributed by atoms with Crippen molar-refractivity contribution in [2.45, 2.75) is 26.2 Å². The van der Waals surface area contributed by atoms with Gasteiger partial charge in [0, 0.05) is 5.56 Å². The van der Waals surface area contributed by atoms with Crippen LogP contribution in [0.4, 0.5) is 0 Å². The van der Waals surface area contributed by atoms with E-state index in [4.69, 9.17) is 11.6 Å². The largest absolute Gasteiger partial charge is 0.464 e. The van der Waals surface area contributed by atoms with Gasteiger partial charge in [-0.05, 0) is 5.41 Å². The zero-order chi connectivity index (χ0) is 11.6. The number of rotatable bonds is 1. The lowest BCUT2D eigenvalue weighted by Gasteiger charge is -2.21. The van der Waals surface area contributed by atoms with Crippen molar-refractivity contribution in [1.82, 2.24) is 9.97 Å². The maximum Gasteiger partial charge on any atom is 0.357 e. The molecule has 15 heavy (non-hydrogen) atoms. The summed E-state index contributed by atoms with van der Waals surface area (Å²) in [4.78, 5) is 19.2. The van der Waals surface area contributed by atoms with Crippen LogP contribution in [0.5, 0.6) is 0 Å². The Morgan fingerprint density at radius 3 is 2.47 bits per heavy atom. The van der Waals surface area contributed by atoms with E-state index in [1.807, 2.05) is 20.8 Å². The minimum atomic E-state index is -0.496. The van der Waals surface area contributed by atoms with Gasteiger partial charge in [0.05, 0.1) is 7.11 Å². The second kappa shape index (κ2) is 4.14. The highest BCUT2D eigenvalue weighted by Crippen LogP contribution is 2.30. The molecule has 1 aromatic rings. The topological polar surface area (TPSA) is 52.1 Å². The summed E-state index contributed by atoms with van der Waals surface area (Å²) >= 11 is 5.96. The predicted octanol–water partition coefficient (Wildman–Crippen LogP) is 2.21. The second-order valence-electron chi connectivity index (χ2n) is 4.13. The summed E-state index contributed by atoms with van der Waals surface area (Å²) in [7, 11) is 1.31. The lowest BCUT2D eigenvalue weighted by Crippen LogP contribution is -2.20. The number of hydrogen-bond donors (Lipinski definition) is 0. The van der Waals surface area contributed by atoms with E-state index in [9.17, 15) is 4.79 Å². The molecule has 0 aliphatic carbocycles. The van der Waals surface area contributed by atoms with Crippen LogP contribution in [0, 0.1) is 0 Å². The first-order chi connectivity index (χ1) is 6.88. The lowest BCUT2D eigenvalue weighted by atomic mass is 9.87. The number of hydrogen-bond acceptors (Lipinski definition) is 4. The number of carbonyl (C=O) groups is 1. The Labute approximate surface area is 93.6 Å². The van der Waals surface area contributed by atoms with Gasteiger partial charge in [-0.2, -0.15) is 0 Å². The highest BCUT2D eigenvalue weighted by atomic mass is 35.5. The summed E-state index contributed by atoms with van der Waals surface area (Å²) in [6.07, 6.45) is 1.25. The van der Waals surface area contributed by atoms with E-state index in [-0.39, 0.29) is 16.3 Å². The summed E-state index contributed by atoms with van der Waals surface area (Å²) in [5.41, 5.74) is 0.533. The molecule has 0 saturated heterocycles. The summed E-state index contributed by atoms with van der Waals surface area (Å²) in [6.45, 7) is 5.80. The van der Waals surface area contributed by atoms with Crippen LogP contribution in [0.25, 0.3) is 0 Å². The molecular formula is C10H13ClN2O2. The van der Waals surface area contributed by atoms with Gasteiger partial charge in [0.2, 0.25) is 0 Å². The number of nitrogens with zero attached hydrogens (tertiary/aromatic N) is 2. The zero-order valence-corrected chi connectivity index (χ0v) is 9.92. The Morgan fingerprint density at radius 2 is 2.00 bits per heavy atom. The van der Waals surface area contributed by atoms with E-state index >= 15 is 0 Å². The smallest absolute Gasteiger partial charge is 0.357 e. The Morgan fingerprint density at radius 1 is 1.40 bits per heavy atom. The van der Waals surface area contributed by atoms with E-state index in [0.717, 1.165) is 0 Å². The molecule has 0 N–H and O–H groups in total. The van der Waals surface area contributed by atoms with Crippen LogP contribution in [0.15, 0.2) is 6.33 Å². The van der Waals surface area contributed by atoms with Crippen LogP contribution in [-0.4, -0.2) is 23.0 Å². The highest BCUT2D eigenvalue weighted by molar-refractivity contribution is 6.30. The van der Waals surface area contributed by atoms with E-state index in [0.29, 0.717) is 5.56 Å². The fourth-order valence-corrected chi connectivity index (χ4v) is 1.70. The molecule has 0 unspecified atom stereocenters. The fourth-order valence-electron chi connectivity index (χ4n) is 1.28. The minimum absolute atomic E-state index is 0.227. The van der Waals surface area contributed by atoms with Gasteiger partial charge in [0.25, 0.3) is 0 Å². The lowest BCUT2D eigenvalue weighted by molar-refractivity contribution is 0.0590. The fraction of sp³-hybridized carbons (Fsp3) is 0.500. The number of halogens is 1. The monoisotopic (exact) mass is 228 g/mol. The normalized spacial score (nSPS) is 11.3. The molecule has 0 aliphatic heterocycles. The van der Waals surface area contributed by atoms with Crippen molar-refractivity contribution >= 4 is 17.6 Å². The molecule has 1 heterocycles. The maximum absolute atomic E-state index is 11.5. The number of aromatic nitrogens is 2. The molecule has 0 bridgehead atoms. The van der Waals surface area contributed by atoms with Gasteiger partial charge in [-0.15, -0.1) is 0 Å². The van der Waals surface area contributed by atoms with Gasteiger partial charge in [-0.25, -0.2) is 14.8 Å². The van der Waals surface area contributed by atoms with Crippen molar-refractivity contribution in [2.75, 3.05) is 7.11 Å². The van der Waals surface area contributed by atoms with Crippen molar-refractivity contribution in [2.24, 2.45) is 0 Å². The van der Waals surface area contributed by atoms with Crippen molar-refractivity contribution in [3.63, 3.8) is 0 Å². The van der Waals surface area contributed by atoms with E-state index in [1.165, 1.54) is 13.4 Å². The average Bonchev–Trinajstić information content (AvgIpc) is 2.14. The summed E-state index contributed by atoms with van der Waals surface area (Å²) in [5.74, 6) is -0.496. The molecule has 5 heteroatoms. The van der Waals surface area contributed by atoms with Crippen LogP contribution in [0.3, 0.4) is 0 Å². The molecule has 0 aromatic carbocycles. The van der Waals surface area contributed by atoms with Gasteiger partial charge in [-0.3, -0.25) is 0 Å². The van der Waals surface area contributed by atoms with E-state index in [1.54, 1.807) is 0 Å². The summed E-state index contributed by atoms with van der Waals surface area (Å²) in [5, 5.41) is 0.290. The number of ether oxygens (including phenoxy) is 1. The highest BCUT2D eigenvalue weighted by Gasteiger charge is 2.27. The zero-order valence-electron chi connectivity index (χ0n) is 9.17. The molecule has 0 amide bonds.